The summed E-state index contributed by atoms with van der Waals surface area (Å²) in [4.78, 5) is 45.5. The summed E-state index contributed by atoms with van der Waals surface area (Å²) in [6.45, 7) is 3.30. The molecule has 0 bridgehead atoms. The molecule has 35 heavy (non-hydrogen) atoms. The lowest BCUT2D eigenvalue weighted by Gasteiger charge is -2.21. The second kappa shape index (κ2) is 8.99. The summed E-state index contributed by atoms with van der Waals surface area (Å²) < 4.78 is 1.80. The number of carbonyl (C=O) groups excluding carboxylic acids is 3. The van der Waals surface area contributed by atoms with Gasteiger partial charge in [0.15, 0.2) is 0 Å². The van der Waals surface area contributed by atoms with E-state index in [-0.39, 0.29) is 6.54 Å². The molecule has 0 saturated carbocycles. The molecule has 4 heterocycles. The quantitative estimate of drug-likeness (QED) is 0.381. The predicted molar refractivity (Wildman–Crippen MR) is 135 cm³/mol. The molecule has 1 aliphatic heterocycles. The van der Waals surface area contributed by atoms with E-state index in [1.54, 1.807) is 11.3 Å². The van der Waals surface area contributed by atoms with Gasteiger partial charge in [-0.25, -0.2) is 9.78 Å². The molecular weight excluding hydrogens is 462 g/mol. The lowest BCUT2D eigenvalue weighted by molar-refractivity contribution is -0.133. The Morgan fingerprint density at radius 3 is 2.69 bits per heavy atom. The number of anilines is 1. The fourth-order valence-corrected chi connectivity index (χ4v) is 4.98. The summed E-state index contributed by atoms with van der Waals surface area (Å²) >= 11 is 1.52. The Labute approximate surface area is 206 Å². The third-order valence-electron chi connectivity index (χ3n) is 6.20. The molecule has 5 rings (SSSR count). The number of amides is 4. The van der Waals surface area contributed by atoms with Gasteiger partial charge in [0.2, 0.25) is 5.91 Å². The van der Waals surface area contributed by atoms with Gasteiger partial charge in [0.25, 0.3) is 5.91 Å². The highest BCUT2D eigenvalue weighted by Crippen LogP contribution is 2.32. The van der Waals surface area contributed by atoms with Crippen LogP contribution in [0.5, 0.6) is 0 Å². The lowest BCUT2D eigenvalue weighted by atomic mass is 9.93. The first-order valence-corrected chi connectivity index (χ1v) is 12.2. The largest absolute Gasteiger partial charge is 0.325 e. The first-order chi connectivity index (χ1) is 16.8. The second-order valence-electron chi connectivity index (χ2n) is 8.91. The zero-order valence-electron chi connectivity index (χ0n) is 19.4. The van der Waals surface area contributed by atoms with Crippen LogP contribution in [0.25, 0.3) is 16.2 Å². The van der Waals surface area contributed by atoms with Gasteiger partial charge in [-0.1, -0.05) is 36.4 Å². The Hall–Kier alpha value is -3.98. The van der Waals surface area contributed by atoms with E-state index in [0.717, 1.165) is 20.9 Å². The molecule has 0 radical (unpaired) electrons. The molecule has 1 saturated heterocycles. The van der Waals surface area contributed by atoms with Crippen LogP contribution in [0.3, 0.4) is 0 Å². The molecule has 0 unspecified atom stereocenters. The molecule has 2 N–H and O–H groups in total. The van der Waals surface area contributed by atoms with Crippen molar-refractivity contribution in [1.29, 1.82) is 0 Å². The summed E-state index contributed by atoms with van der Waals surface area (Å²) in [5, 5.41) is 7.61. The summed E-state index contributed by atoms with van der Waals surface area (Å²) in [5.74, 6) is -0.367. The fraction of sp³-hybridized carbons (Fsp3) is 0.231. The van der Waals surface area contributed by atoms with Crippen molar-refractivity contribution in [2.24, 2.45) is 0 Å². The van der Waals surface area contributed by atoms with Gasteiger partial charge in [-0.15, -0.1) is 11.3 Å². The van der Waals surface area contributed by atoms with Gasteiger partial charge < -0.3 is 10.6 Å². The van der Waals surface area contributed by atoms with Crippen LogP contribution in [0.4, 0.5) is 10.6 Å². The van der Waals surface area contributed by atoms with Crippen LogP contribution in [0.1, 0.15) is 24.5 Å². The van der Waals surface area contributed by atoms with Gasteiger partial charge in [-0.3, -0.25) is 18.9 Å². The smallest absolute Gasteiger partial charge is 0.323 e. The first-order valence-electron chi connectivity index (χ1n) is 11.3. The molecule has 4 amide bonds. The minimum absolute atomic E-state index is 0.380. The van der Waals surface area contributed by atoms with Crippen molar-refractivity contribution in [1.82, 2.24) is 19.6 Å². The Bertz CT molecular complexity index is 1410. The van der Waals surface area contributed by atoms with Crippen molar-refractivity contribution >= 4 is 40.6 Å². The van der Waals surface area contributed by atoms with Gasteiger partial charge in [0, 0.05) is 6.20 Å². The number of aryl methyl sites for hydroxylation is 2. The van der Waals surface area contributed by atoms with E-state index in [2.05, 4.69) is 10.6 Å². The number of carbonyl (C=O) groups is 3. The van der Waals surface area contributed by atoms with Gasteiger partial charge >= 0.3 is 6.03 Å². The molecule has 1 atom stereocenters. The molecule has 1 aromatic carbocycles. The first kappa shape index (κ1) is 22.8. The van der Waals surface area contributed by atoms with Crippen LogP contribution >= 0.6 is 11.3 Å². The van der Waals surface area contributed by atoms with Crippen molar-refractivity contribution in [3.05, 3.63) is 77.3 Å². The highest BCUT2D eigenvalue weighted by molar-refractivity contribution is 7.13. The number of benzene rings is 1. The van der Waals surface area contributed by atoms with E-state index >= 15 is 0 Å². The van der Waals surface area contributed by atoms with Crippen LogP contribution in [-0.2, 0) is 16.0 Å². The van der Waals surface area contributed by atoms with E-state index in [9.17, 15) is 14.4 Å². The predicted octanol–water partition coefficient (Wildman–Crippen LogP) is 4.25. The van der Waals surface area contributed by atoms with Crippen molar-refractivity contribution in [2.45, 2.75) is 32.2 Å². The van der Waals surface area contributed by atoms with Gasteiger partial charge in [-0.2, -0.15) is 0 Å². The van der Waals surface area contributed by atoms with Crippen molar-refractivity contribution < 1.29 is 14.4 Å². The Balaban J connectivity index is 1.34. The molecule has 1 aliphatic rings. The molecule has 8 nitrogen and oxygen atoms in total. The molecule has 0 aliphatic carbocycles. The third-order valence-corrected chi connectivity index (χ3v) is 7.07. The number of nitrogens with zero attached hydrogens (tertiary/aromatic N) is 3. The number of aromatic nitrogens is 2. The molecule has 0 spiro atoms. The number of nitrogens with one attached hydrogen (secondary N) is 2. The zero-order chi connectivity index (χ0) is 24.6. The highest BCUT2D eigenvalue weighted by atomic mass is 32.1. The Kier molecular flexibility index (Phi) is 5.86. The molecule has 3 aromatic heterocycles. The summed E-state index contributed by atoms with van der Waals surface area (Å²) in [7, 11) is 0. The van der Waals surface area contributed by atoms with Gasteiger partial charge in [0.05, 0.1) is 4.88 Å². The van der Waals surface area contributed by atoms with Crippen LogP contribution in [0, 0.1) is 6.92 Å². The monoisotopic (exact) mass is 487 g/mol. The minimum atomic E-state index is -1.06. The second-order valence-corrected chi connectivity index (χ2v) is 9.85. The number of imide groups is 1. The van der Waals surface area contributed by atoms with Gasteiger partial charge in [0.1, 0.15) is 29.2 Å². The number of hydrogen-bond donors (Lipinski definition) is 2. The number of pyridine rings is 1. The molecule has 178 valence electrons. The van der Waals surface area contributed by atoms with E-state index in [0.29, 0.717) is 30.0 Å². The number of fused-ring (bicyclic) bond motifs is 1. The SMILES string of the molecule is Cc1ccn2c(NC(=O)CN3C(=O)N[C@@](C)(CCc4ccccc4)C3=O)c(-c3cccs3)nc2c1. The number of hydrogen-bond acceptors (Lipinski definition) is 5. The summed E-state index contributed by atoms with van der Waals surface area (Å²) in [5.41, 5.74) is 2.41. The summed E-state index contributed by atoms with van der Waals surface area (Å²) in [6, 6.07) is 16.9. The third kappa shape index (κ3) is 4.42. The minimum Gasteiger partial charge on any atom is -0.323 e. The van der Waals surface area contributed by atoms with E-state index in [4.69, 9.17) is 4.98 Å². The Morgan fingerprint density at radius 2 is 1.94 bits per heavy atom. The number of rotatable bonds is 7. The van der Waals surface area contributed by atoms with E-state index in [1.165, 1.54) is 11.3 Å². The van der Waals surface area contributed by atoms with E-state index < -0.39 is 23.4 Å². The van der Waals surface area contributed by atoms with Crippen LogP contribution in [0.2, 0.25) is 0 Å². The van der Waals surface area contributed by atoms with Crippen molar-refractivity contribution in [3.63, 3.8) is 0 Å². The van der Waals surface area contributed by atoms with E-state index in [1.807, 2.05) is 73.1 Å². The van der Waals surface area contributed by atoms with Crippen LogP contribution < -0.4 is 10.6 Å². The molecule has 1 fully saturated rings. The van der Waals surface area contributed by atoms with Gasteiger partial charge in [-0.05, 0) is 61.4 Å². The van der Waals surface area contributed by atoms with Crippen molar-refractivity contribution in [2.75, 3.05) is 11.9 Å². The maximum absolute atomic E-state index is 13.1. The molecular formula is C26H25N5O3S. The zero-order valence-corrected chi connectivity index (χ0v) is 20.3. The number of imidazole rings is 1. The fourth-order valence-electron chi connectivity index (χ4n) is 4.27. The highest BCUT2D eigenvalue weighted by Gasteiger charge is 2.47. The molecule has 9 heteroatoms. The maximum atomic E-state index is 13.1. The molecule has 4 aromatic rings. The Morgan fingerprint density at radius 1 is 1.14 bits per heavy atom. The average Bonchev–Trinajstić information content (AvgIpc) is 3.54. The maximum Gasteiger partial charge on any atom is 0.325 e. The van der Waals surface area contributed by atoms with Crippen LogP contribution in [-0.4, -0.2) is 44.2 Å². The standard InChI is InChI=1S/C26H25N5O3S/c1-17-11-13-30-20(15-17)27-22(19-9-6-14-35-19)23(30)28-21(32)16-31-24(33)26(2,29-25(31)34)12-10-18-7-4-3-5-8-18/h3-9,11,13-15H,10,12,16H2,1-2H3,(H,28,32)(H,29,34)/t26-/m0/s1. The number of urea groups is 1. The number of thiophene rings is 1. The topological polar surface area (TPSA) is 95.8 Å². The van der Waals surface area contributed by atoms with Crippen molar-refractivity contribution in [3.8, 4) is 10.6 Å². The summed E-state index contributed by atoms with van der Waals surface area (Å²) in [6.07, 6.45) is 2.92. The van der Waals surface area contributed by atoms with Crippen LogP contribution in [0.15, 0.2) is 66.2 Å². The normalized spacial score (nSPS) is 17.7. The average molecular weight is 488 g/mol. The lowest BCUT2D eigenvalue weighted by Crippen LogP contribution is -2.45.